The van der Waals surface area contributed by atoms with Gasteiger partial charge in [-0.1, -0.05) is 47.6 Å². The van der Waals surface area contributed by atoms with Crippen LogP contribution in [0.3, 0.4) is 0 Å². The van der Waals surface area contributed by atoms with Crippen LogP contribution in [0.15, 0.2) is 71.8 Å². The van der Waals surface area contributed by atoms with E-state index in [2.05, 4.69) is 5.10 Å². The summed E-state index contributed by atoms with van der Waals surface area (Å²) in [5.74, 6) is 1.97. The third-order valence-corrected chi connectivity index (χ3v) is 5.81. The molecule has 0 spiro atoms. The molecule has 0 unspecified atom stereocenters. The van der Waals surface area contributed by atoms with Crippen molar-refractivity contribution in [2.45, 2.75) is 13.0 Å². The molecule has 4 rings (SSSR count). The van der Waals surface area contributed by atoms with Crippen molar-refractivity contribution >= 4 is 17.6 Å². The number of halogens is 3. The molecule has 0 aromatic heterocycles. The Balaban J connectivity index is 1.90. The SMILES string of the molecule is COc1cccc(C2=N[N@+](CCc3ccccc3)(Cc3c(F)cccc3F)C(=O)N(N)C2=O)c1F. The summed E-state index contributed by atoms with van der Waals surface area (Å²) >= 11 is 0. The normalized spacial score (nSPS) is 18.0. The van der Waals surface area contributed by atoms with Gasteiger partial charge in [0.2, 0.25) is 0 Å². The molecule has 1 aliphatic heterocycles. The van der Waals surface area contributed by atoms with E-state index in [0.717, 1.165) is 17.7 Å². The quantitative estimate of drug-likeness (QED) is 0.314. The van der Waals surface area contributed by atoms with Crippen LogP contribution in [0.5, 0.6) is 5.75 Å². The molecule has 7 nitrogen and oxygen atoms in total. The van der Waals surface area contributed by atoms with Gasteiger partial charge in [0.25, 0.3) is 0 Å². The molecule has 2 N–H and O–H groups in total. The smallest absolute Gasteiger partial charge is 0.467 e. The predicted molar refractivity (Wildman–Crippen MR) is 121 cm³/mol. The number of carbonyl (C=O) groups excluding carboxylic acids is 2. The summed E-state index contributed by atoms with van der Waals surface area (Å²) in [4.78, 5) is 26.3. The summed E-state index contributed by atoms with van der Waals surface area (Å²) in [6, 6.07) is 15.4. The van der Waals surface area contributed by atoms with Gasteiger partial charge < -0.3 is 4.74 Å². The minimum atomic E-state index is -1.05. The van der Waals surface area contributed by atoms with Crippen molar-refractivity contribution in [3.63, 3.8) is 0 Å². The summed E-state index contributed by atoms with van der Waals surface area (Å²) in [5.41, 5.74) is -0.315. The van der Waals surface area contributed by atoms with Crippen molar-refractivity contribution in [2.24, 2.45) is 10.9 Å². The Morgan fingerprint density at radius 3 is 2.26 bits per heavy atom. The molecule has 3 aromatic rings. The number of urea groups is 1. The van der Waals surface area contributed by atoms with Gasteiger partial charge >= 0.3 is 11.9 Å². The molecule has 0 bridgehead atoms. The molecular weight excluding hydrogens is 461 g/mol. The van der Waals surface area contributed by atoms with Gasteiger partial charge in [0.1, 0.15) is 24.7 Å². The van der Waals surface area contributed by atoms with Crippen molar-refractivity contribution in [1.82, 2.24) is 5.01 Å². The van der Waals surface area contributed by atoms with Crippen LogP contribution in [-0.4, -0.2) is 40.9 Å². The van der Waals surface area contributed by atoms with Gasteiger partial charge in [-0.05, 0) is 29.8 Å². The molecule has 0 saturated heterocycles. The highest BCUT2D eigenvalue weighted by atomic mass is 19.1. The minimum absolute atomic E-state index is 0.104. The Bertz CT molecular complexity index is 1300. The third kappa shape index (κ3) is 4.53. The van der Waals surface area contributed by atoms with Crippen LogP contribution < -0.4 is 10.6 Å². The number of methoxy groups -OCH3 is 1. The van der Waals surface area contributed by atoms with Gasteiger partial charge in [0.15, 0.2) is 17.3 Å². The molecule has 35 heavy (non-hydrogen) atoms. The number of nitrogens with zero attached hydrogens (tertiary/aromatic N) is 3. The van der Waals surface area contributed by atoms with Gasteiger partial charge in [0.05, 0.1) is 18.2 Å². The molecule has 1 atom stereocenters. The van der Waals surface area contributed by atoms with E-state index in [1.807, 2.05) is 18.2 Å². The molecule has 3 aromatic carbocycles. The maximum Gasteiger partial charge on any atom is 0.467 e. The number of nitrogens with two attached hydrogens (primary N) is 1. The zero-order valence-electron chi connectivity index (χ0n) is 18.7. The lowest BCUT2D eigenvalue weighted by Gasteiger charge is -2.35. The number of quaternary nitrogens is 1. The average Bonchev–Trinajstić information content (AvgIpc) is 2.87. The molecule has 0 fully saturated rings. The summed E-state index contributed by atoms with van der Waals surface area (Å²) in [6.45, 7) is -0.688. The Hall–Kier alpha value is -4.02. The van der Waals surface area contributed by atoms with Crippen molar-refractivity contribution in [2.75, 3.05) is 13.7 Å². The number of hydrogen-bond acceptors (Lipinski definition) is 5. The highest BCUT2D eigenvalue weighted by Gasteiger charge is 2.50. The zero-order valence-corrected chi connectivity index (χ0v) is 18.7. The van der Waals surface area contributed by atoms with Crippen molar-refractivity contribution < 1.29 is 32.1 Å². The molecule has 180 valence electrons. The fourth-order valence-corrected chi connectivity index (χ4v) is 3.93. The van der Waals surface area contributed by atoms with Crippen LogP contribution in [0.25, 0.3) is 0 Å². The summed E-state index contributed by atoms with van der Waals surface area (Å²) < 4.78 is 48.3. The lowest BCUT2D eigenvalue weighted by atomic mass is 10.1. The van der Waals surface area contributed by atoms with Gasteiger partial charge in [-0.2, -0.15) is 5.01 Å². The first-order chi connectivity index (χ1) is 16.8. The maximum atomic E-state index is 15.1. The van der Waals surface area contributed by atoms with Gasteiger partial charge in [0, 0.05) is 6.42 Å². The second-order valence-electron chi connectivity index (χ2n) is 7.97. The standard InChI is InChI=1S/C25H22F3N4O3/c1-35-21-12-5-9-17(22(21)28)23-24(33)31(29)25(34)32(30-23,14-13-16-7-3-2-4-8-16)15-18-19(26)10-6-11-20(18)27/h2-12H,13-15,29H2,1H3/q+1/t32-/m1/s1. The Labute approximate surface area is 199 Å². The summed E-state index contributed by atoms with van der Waals surface area (Å²) in [6.07, 6.45) is 0.252. The van der Waals surface area contributed by atoms with E-state index < -0.39 is 51.8 Å². The second-order valence-corrected chi connectivity index (χ2v) is 7.97. The number of rotatable bonds is 7. The van der Waals surface area contributed by atoms with Crippen molar-refractivity contribution in [3.05, 3.63) is 101 Å². The second kappa shape index (κ2) is 9.69. The predicted octanol–water partition coefficient (Wildman–Crippen LogP) is 3.91. The average molecular weight is 483 g/mol. The van der Waals surface area contributed by atoms with Crippen LogP contribution in [0.4, 0.5) is 18.0 Å². The number of benzene rings is 3. The van der Waals surface area contributed by atoms with Gasteiger partial charge in [-0.3, -0.25) is 4.79 Å². The van der Waals surface area contributed by atoms with Crippen LogP contribution in [-0.2, 0) is 17.8 Å². The Kier molecular flexibility index (Phi) is 6.68. The number of carbonyl (C=O) groups is 2. The highest BCUT2D eigenvalue weighted by molar-refractivity contribution is 6.47. The highest BCUT2D eigenvalue weighted by Crippen LogP contribution is 2.29. The van der Waals surface area contributed by atoms with Crippen LogP contribution in [0.2, 0.25) is 0 Å². The maximum absolute atomic E-state index is 15.1. The van der Waals surface area contributed by atoms with E-state index in [1.165, 1.54) is 31.4 Å². The largest absolute Gasteiger partial charge is 0.494 e. The third-order valence-electron chi connectivity index (χ3n) is 5.81. The number of amides is 3. The fraction of sp³-hybridized carbons (Fsp3) is 0.160. The van der Waals surface area contributed by atoms with Crippen LogP contribution in [0.1, 0.15) is 16.7 Å². The van der Waals surface area contributed by atoms with Crippen LogP contribution in [0, 0.1) is 17.5 Å². The minimum Gasteiger partial charge on any atom is -0.494 e. The number of imide groups is 1. The summed E-state index contributed by atoms with van der Waals surface area (Å²) in [7, 11) is 1.26. The summed E-state index contributed by atoms with van der Waals surface area (Å²) in [5, 5.41) is 4.64. The Morgan fingerprint density at radius 1 is 0.943 bits per heavy atom. The first-order valence-corrected chi connectivity index (χ1v) is 10.7. The first-order valence-electron chi connectivity index (χ1n) is 10.7. The molecule has 1 aliphatic rings. The lowest BCUT2D eigenvalue weighted by molar-refractivity contribution is -0.874. The molecule has 0 saturated carbocycles. The Morgan fingerprint density at radius 2 is 1.60 bits per heavy atom. The molecule has 0 aliphatic carbocycles. The first kappa shape index (κ1) is 24.1. The molecular formula is C25H22F3N4O3+. The van der Waals surface area contributed by atoms with E-state index in [-0.39, 0.29) is 24.3 Å². The monoisotopic (exact) mass is 483 g/mol. The molecule has 10 heteroatoms. The van der Waals surface area contributed by atoms with E-state index in [1.54, 1.807) is 12.1 Å². The number of hydrazine groups is 1. The number of ether oxygens (including phenoxy) is 1. The van der Waals surface area contributed by atoms with Gasteiger partial charge in [-0.25, -0.2) is 23.8 Å². The zero-order chi connectivity index (χ0) is 25.2. The van der Waals surface area contributed by atoms with Crippen molar-refractivity contribution in [3.8, 4) is 5.75 Å². The van der Waals surface area contributed by atoms with Gasteiger partial charge in [-0.15, -0.1) is 4.59 Å². The van der Waals surface area contributed by atoms with E-state index in [4.69, 9.17) is 10.6 Å². The lowest BCUT2D eigenvalue weighted by Crippen LogP contribution is -2.64. The van der Waals surface area contributed by atoms with E-state index >= 15 is 4.39 Å². The van der Waals surface area contributed by atoms with Crippen LogP contribution >= 0.6 is 0 Å². The molecule has 0 radical (unpaired) electrons. The van der Waals surface area contributed by atoms with E-state index in [9.17, 15) is 18.4 Å². The molecule has 3 amide bonds. The topological polar surface area (TPSA) is 85.0 Å². The molecule has 1 heterocycles. The number of hydrogen-bond donors (Lipinski definition) is 1. The fourth-order valence-electron chi connectivity index (χ4n) is 3.93. The van der Waals surface area contributed by atoms with E-state index in [0.29, 0.717) is 5.01 Å². The van der Waals surface area contributed by atoms with Crippen molar-refractivity contribution in [1.29, 1.82) is 0 Å².